The second-order valence-electron chi connectivity index (χ2n) is 7.88. The van der Waals surface area contributed by atoms with Crippen LogP contribution in [0.2, 0.25) is 0 Å². The number of amides is 2. The zero-order valence-electron chi connectivity index (χ0n) is 18.3. The van der Waals surface area contributed by atoms with Crippen molar-refractivity contribution in [3.8, 4) is 0 Å². The van der Waals surface area contributed by atoms with E-state index in [1.807, 2.05) is 13.0 Å². The molecule has 0 saturated carbocycles. The number of pyridine rings is 1. The number of benzene rings is 3. The van der Waals surface area contributed by atoms with Gasteiger partial charge in [-0.15, -0.1) is 0 Å². The normalized spacial score (nSPS) is 11.3. The number of anilines is 2. The molecular formula is C26H20F3N3O2. The lowest BCUT2D eigenvalue weighted by molar-refractivity contribution is -0.137. The number of carbonyl (C=O) groups is 2. The highest BCUT2D eigenvalue weighted by molar-refractivity contribution is 6.08. The fourth-order valence-corrected chi connectivity index (χ4v) is 3.49. The highest BCUT2D eigenvalue weighted by atomic mass is 19.4. The second kappa shape index (κ2) is 8.97. The Kier molecular flexibility index (Phi) is 6.06. The molecule has 0 atom stereocenters. The van der Waals surface area contributed by atoms with Gasteiger partial charge in [-0.2, -0.15) is 13.2 Å². The number of nitrogens with one attached hydrogen (secondary N) is 2. The number of fused-ring (bicyclic) bond motifs is 1. The summed E-state index contributed by atoms with van der Waals surface area (Å²) < 4.78 is 38.8. The van der Waals surface area contributed by atoms with Crippen LogP contribution in [-0.4, -0.2) is 16.8 Å². The van der Waals surface area contributed by atoms with Crippen LogP contribution in [0.1, 0.15) is 37.4 Å². The second-order valence-corrected chi connectivity index (χ2v) is 7.88. The van der Waals surface area contributed by atoms with E-state index in [1.165, 1.54) is 12.1 Å². The Labute approximate surface area is 193 Å². The molecule has 4 aromatic rings. The van der Waals surface area contributed by atoms with Gasteiger partial charge in [-0.1, -0.05) is 12.1 Å². The van der Waals surface area contributed by atoms with E-state index in [1.54, 1.807) is 49.5 Å². The lowest BCUT2D eigenvalue weighted by Gasteiger charge is -2.13. The monoisotopic (exact) mass is 463 g/mol. The van der Waals surface area contributed by atoms with E-state index in [9.17, 15) is 22.8 Å². The summed E-state index contributed by atoms with van der Waals surface area (Å²) >= 11 is 0. The van der Waals surface area contributed by atoms with Crippen LogP contribution in [0.25, 0.3) is 10.9 Å². The number of carbonyl (C=O) groups excluding carboxylic acids is 2. The SMILES string of the molecule is Cc1ccc(NC(=O)c2cccc(C(F)(F)F)c2)cc1NC(=O)c1ccc2nccc(C)c2c1. The molecule has 2 N–H and O–H groups in total. The zero-order chi connectivity index (χ0) is 24.5. The number of halogens is 3. The predicted molar refractivity (Wildman–Crippen MR) is 125 cm³/mol. The van der Waals surface area contributed by atoms with Gasteiger partial charge in [0.15, 0.2) is 0 Å². The molecule has 0 fully saturated rings. The number of hydrogen-bond donors (Lipinski definition) is 2. The van der Waals surface area contributed by atoms with Crippen molar-refractivity contribution in [1.29, 1.82) is 0 Å². The maximum Gasteiger partial charge on any atom is 0.416 e. The third-order valence-corrected chi connectivity index (χ3v) is 5.42. The van der Waals surface area contributed by atoms with Crippen molar-refractivity contribution in [3.05, 3.63) is 101 Å². The van der Waals surface area contributed by atoms with Crippen LogP contribution in [0.4, 0.5) is 24.5 Å². The fourth-order valence-electron chi connectivity index (χ4n) is 3.49. The minimum absolute atomic E-state index is 0.124. The molecule has 0 bridgehead atoms. The van der Waals surface area contributed by atoms with E-state index in [2.05, 4.69) is 15.6 Å². The maximum absolute atomic E-state index is 12.9. The Bertz CT molecular complexity index is 1410. The van der Waals surface area contributed by atoms with Crippen molar-refractivity contribution in [3.63, 3.8) is 0 Å². The van der Waals surface area contributed by atoms with Crippen molar-refractivity contribution in [2.75, 3.05) is 10.6 Å². The van der Waals surface area contributed by atoms with Gasteiger partial charge < -0.3 is 10.6 Å². The lowest BCUT2D eigenvalue weighted by Crippen LogP contribution is -2.15. The van der Waals surface area contributed by atoms with Gasteiger partial charge in [-0.25, -0.2) is 0 Å². The molecule has 5 nitrogen and oxygen atoms in total. The van der Waals surface area contributed by atoms with E-state index in [4.69, 9.17) is 0 Å². The quantitative estimate of drug-likeness (QED) is 0.369. The molecule has 8 heteroatoms. The van der Waals surface area contributed by atoms with Crippen LogP contribution >= 0.6 is 0 Å². The number of nitrogens with zero attached hydrogens (tertiary/aromatic N) is 1. The summed E-state index contributed by atoms with van der Waals surface area (Å²) in [6.07, 6.45) is -2.84. The Hall–Kier alpha value is -4.20. The van der Waals surface area contributed by atoms with Crippen LogP contribution in [0.3, 0.4) is 0 Å². The first-order valence-electron chi connectivity index (χ1n) is 10.4. The van der Waals surface area contributed by atoms with Crippen molar-refractivity contribution in [1.82, 2.24) is 4.98 Å². The predicted octanol–water partition coefficient (Wildman–Crippen LogP) is 6.38. The first kappa shape index (κ1) is 23.0. The topological polar surface area (TPSA) is 71.1 Å². The summed E-state index contributed by atoms with van der Waals surface area (Å²) in [5.41, 5.74) is 2.75. The summed E-state index contributed by atoms with van der Waals surface area (Å²) in [6, 6.07) is 16.1. The fraction of sp³-hybridized carbons (Fsp3) is 0.115. The van der Waals surface area contributed by atoms with Gasteiger partial charge in [0.05, 0.1) is 11.1 Å². The molecule has 34 heavy (non-hydrogen) atoms. The average Bonchev–Trinajstić information content (AvgIpc) is 2.81. The number of rotatable bonds is 4. The standard InChI is InChI=1S/C26H20F3N3O2/c1-15-10-11-30-22-9-7-18(13-21(15)22)25(34)32-23-14-20(8-6-16(23)2)31-24(33)17-4-3-5-19(12-17)26(27,28)29/h3-14H,1-2H3,(H,31,33)(H,32,34). The largest absolute Gasteiger partial charge is 0.416 e. The first-order chi connectivity index (χ1) is 16.1. The maximum atomic E-state index is 12.9. The molecule has 0 aliphatic carbocycles. The van der Waals surface area contributed by atoms with Gasteiger partial charge in [0.1, 0.15) is 0 Å². The van der Waals surface area contributed by atoms with Crippen molar-refractivity contribution in [2.45, 2.75) is 20.0 Å². The van der Waals surface area contributed by atoms with E-state index in [-0.39, 0.29) is 11.5 Å². The molecule has 0 saturated heterocycles. The molecule has 0 unspecified atom stereocenters. The molecule has 1 heterocycles. The molecule has 0 spiro atoms. The molecular weight excluding hydrogens is 443 g/mol. The van der Waals surface area contributed by atoms with E-state index < -0.39 is 17.6 Å². The summed E-state index contributed by atoms with van der Waals surface area (Å²) in [5, 5.41) is 6.29. The smallest absolute Gasteiger partial charge is 0.322 e. The molecule has 4 rings (SSSR count). The summed E-state index contributed by atoms with van der Waals surface area (Å²) in [5.74, 6) is -1.03. The van der Waals surface area contributed by atoms with E-state index in [0.29, 0.717) is 16.9 Å². The summed E-state index contributed by atoms with van der Waals surface area (Å²) in [6.45, 7) is 3.73. The van der Waals surface area contributed by atoms with Crippen molar-refractivity contribution in [2.24, 2.45) is 0 Å². The highest BCUT2D eigenvalue weighted by Crippen LogP contribution is 2.30. The van der Waals surface area contributed by atoms with Crippen LogP contribution in [0.15, 0.2) is 72.9 Å². The van der Waals surface area contributed by atoms with Gasteiger partial charge >= 0.3 is 6.18 Å². The molecule has 172 valence electrons. The van der Waals surface area contributed by atoms with Gasteiger partial charge in [0.2, 0.25) is 0 Å². The van der Waals surface area contributed by atoms with Crippen LogP contribution in [0, 0.1) is 13.8 Å². The zero-order valence-corrected chi connectivity index (χ0v) is 18.3. The minimum Gasteiger partial charge on any atom is -0.322 e. The molecule has 0 radical (unpaired) electrons. The van der Waals surface area contributed by atoms with Crippen molar-refractivity contribution >= 4 is 34.1 Å². The number of aromatic nitrogens is 1. The Morgan fingerprint density at radius 3 is 2.29 bits per heavy atom. The third kappa shape index (κ3) is 4.91. The summed E-state index contributed by atoms with van der Waals surface area (Å²) in [7, 11) is 0. The molecule has 0 aliphatic heterocycles. The molecule has 1 aromatic heterocycles. The highest BCUT2D eigenvalue weighted by Gasteiger charge is 2.30. The first-order valence-corrected chi connectivity index (χ1v) is 10.4. The third-order valence-electron chi connectivity index (χ3n) is 5.42. The van der Waals surface area contributed by atoms with Crippen LogP contribution in [0.5, 0.6) is 0 Å². The summed E-state index contributed by atoms with van der Waals surface area (Å²) in [4.78, 5) is 29.7. The van der Waals surface area contributed by atoms with E-state index >= 15 is 0 Å². The van der Waals surface area contributed by atoms with Crippen LogP contribution < -0.4 is 10.6 Å². The minimum atomic E-state index is -4.55. The van der Waals surface area contributed by atoms with E-state index in [0.717, 1.165) is 34.2 Å². The van der Waals surface area contributed by atoms with Gasteiger partial charge in [0, 0.05) is 34.1 Å². The van der Waals surface area contributed by atoms with Crippen LogP contribution in [-0.2, 0) is 6.18 Å². The lowest BCUT2D eigenvalue weighted by atomic mass is 10.1. The Balaban J connectivity index is 1.54. The number of alkyl halides is 3. The van der Waals surface area contributed by atoms with Gasteiger partial charge in [-0.3, -0.25) is 14.6 Å². The molecule has 2 amide bonds. The van der Waals surface area contributed by atoms with Gasteiger partial charge in [0.25, 0.3) is 11.8 Å². The Morgan fingerprint density at radius 1 is 0.794 bits per heavy atom. The number of aryl methyl sites for hydroxylation is 2. The Morgan fingerprint density at radius 2 is 1.53 bits per heavy atom. The average molecular weight is 463 g/mol. The van der Waals surface area contributed by atoms with Gasteiger partial charge in [-0.05, 0) is 79.6 Å². The molecule has 3 aromatic carbocycles. The molecule has 0 aliphatic rings. The number of hydrogen-bond acceptors (Lipinski definition) is 3. The van der Waals surface area contributed by atoms with Crippen molar-refractivity contribution < 1.29 is 22.8 Å².